The van der Waals surface area contributed by atoms with E-state index >= 15 is 0 Å². The molecule has 354 valence electrons. The molecule has 0 unspecified atom stereocenters. The largest absolute Gasteiger partial charge is 0.488 e. The maximum atomic E-state index is 14.3. The molecular weight excluding hydrogens is 952 g/mol. The molecule has 0 aliphatic heterocycles. The highest BCUT2D eigenvalue weighted by atomic mass is 79.9. The van der Waals surface area contributed by atoms with Gasteiger partial charge in [0.05, 0.1) is 0 Å². The number of halogens is 6. The van der Waals surface area contributed by atoms with Crippen LogP contribution in [0.3, 0.4) is 0 Å². The molecular formula is C51H48BBrF5N3O7. The Bertz CT molecular complexity index is 2640. The third-order valence-corrected chi connectivity index (χ3v) is 10.1. The number of aryl methyl sites for hydroxylation is 3. The number of benzene rings is 4. The van der Waals surface area contributed by atoms with Crippen molar-refractivity contribution >= 4 is 40.4 Å². The lowest BCUT2D eigenvalue weighted by molar-refractivity contribution is -0.188. The summed E-state index contributed by atoms with van der Waals surface area (Å²) in [7, 11) is -1.35. The molecule has 17 heteroatoms. The molecule has 3 heterocycles. The lowest BCUT2D eigenvalue weighted by Crippen LogP contribution is -2.29. The average molecular weight is 1000 g/mol. The first-order valence-corrected chi connectivity index (χ1v) is 22.1. The SMILES string of the molecule is CCCc1ccc(-c2ccc(C(=O)O)nc2)cc1.CCCc1ccc(-c2ccc(C(F)(F)Oc3cc(F)c(F)c(F)c3)nc2)cc1.CCCc1ccc(B(O)O)cc1.O=C(O)c1ccc(Br)cn1. The van der Waals surface area contributed by atoms with Crippen molar-refractivity contribution in [2.75, 3.05) is 0 Å². The van der Waals surface area contributed by atoms with Gasteiger partial charge in [-0.25, -0.2) is 32.7 Å². The topological polar surface area (TPSA) is 163 Å². The lowest BCUT2D eigenvalue weighted by atomic mass is 9.80. The van der Waals surface area contributed by atoms with Gasteiger partial charge in [-0.05, 0) is 92.7 Å². The predicted molar refractivity (Wildman–Crippen MR) is 254 cm³/mol. The van der Waals surface area contributed by atoms with Crippen LogP contribution < -0.4 is 10.2 Å². The van der Waals surface area contributed by atoms with Crippen molar-refractivity contribution in [2.24, 2.45) is 0 Å². The third kappa shape index (κ3) is 16.8. The highest BCUT2D eigenvalue weighted by Crippen LogP contribution is 2.33. The molecule has 68 heavy (non-hydrogen) atoms. The summed E-state index contributed by atoms with van der Waals surface area (Å²) in [6.45, 7) is 6.35. The molecule has 0 saturated heterocycles. The van der Waals surface area contributed by atoms with Crippen molar-refractivity contribution in [3.63, 3.8) is 0 Å². The van der Waals surface area contributed by atoms with Gasteiger partial charge in [0.15, 0.2) is 23.1 Å². The van der Waals surface area contributed by atoms with Gasteiger partial charge in [-0.2, -0.15) is 8.78 Å². The van der Waals surface area contributed by atoms with Crippen LogP contribution in [-0.2, 0) is 25.4 Å². The van der Waals surface area contributed by atoms with Crippen molar-refractivity contribution < 1.29 is 56.5 Å². The van der Waals surface area contributed by atoms with Crippen LogP contribution in [0.2, 0.25) is 0 Å². The van der Waals surface area contributed by atoms with Crippen molar-refractivity contribution in [1.82, 2.24) is 15.0 Å². The molecule has 3 aromatic heterocycles. The molecule has 10 nitrogen and oxygen atoms in total. The third-order valence-electron chi connectivity index (χ3n) is 9.66. The van der Waals surface area contributed by atoms with Gasteiger partial charge in [-0.3, -0.25) is 4.98 Å². The molecule has 0 spiro atoms. The molecule has 0 bridgehead atoms. The van der Waals surface area contributed by atoms with E-state index in [1.807, 2.05) is 48.5 Å². The number of rotatable bonds is 14. The summed E-state index contributed by atoms with van der Waals surface area (Å²) in [4.78, 5) is 32.2. The summed E-state index contributed by atoms with van der Waals surface area (Å²) in [5.41, 5.74) is 7.09. The number of hydrogen-bond donors (Lipinski definition) is 4. The zero-order valence-corrected chi connectivity index (χ0v) is 38.8. The van der Waals surface area contributed by atoms with Crippen LogP contribution >= 0.6 is 15.9 Å². The fraction of sp³-hybridized carbons (Fsp3) is 0.196. The molecule has 0 aliphatic rings. The number of carboxylic acid groups (broad SMARTS) is 2. The highest BCUT2D eigenvalue weighted by molar-refractivity contribution is 9.10. The number of ether oxygens (including phenoxy) is 1. The van der Waals surface area contributed by atoms with Gasteiger partial charge in [-0.15, -0.1) is 0 Å². The number of hydrogen-bond acceptors (Lipinski definition) is 8. The lowest BCUT2D eigenvalue weighted by Gasteiger charge is -2.18. The second-order valence-corrected chi connectivity index (χ2v) is 15.8. The smallest absolute Gasteiger partial charge is 0.477 e. The molecule has 0 aliphatic carbocycles. The Hall–Kier alpha value is -6.82. The van der Waals surface area contributed by atoms with Gasteiger partial charge in [-0.1, -0.05) is 125 Å². The minimum Gasteiger partial charge on any atom is -0.477 e. The fourth-order valence-corrected chi connectivity index (χ4v) is 6.41. The summed E-state index contributed by atoms with van der Waals surface area (Å²) < 4.78 is 72.9. The molecule has 7 aromatic rings. The van der Waals surface area contributed by atoms with E-state index in [2.05, 4.69) is 68.5 Å². The Kier molecular flexibility index (Phi) is 21.0. The Labute approximate surface area is 399 Å². The van der Waals surface area contributed by atoms with Crippen molar-refractivity contribution in [1.29, 1.82) is 0 Å². The number of carbonyl (C=O) groups is 2. The number of aromatic nitrogens is 3. The number of alkyl halides is 2. The first-order chi connectivity index (χ1) is 32.4. The first kappa shape index (κ1) is 53.8. The number of aromatic carboxylic acids is 2. The van der Waals surface area contributed by atoms with Gasteiger partial charge in [0.1, 0.15) is 17.1 Å². The van der Waals surface area contributed by atoms with Crippen LogP contribution in [0.4, 0.5) is 22.0 Å². The van der Waals surface area contributed by atoms with Crippen LogP contribution in [0, 0.1) is 17.5 Å². The van der Waals surface area contributed by atoms with Gasteiger partial charge in [0, 0.05) is 46.3 Å². The predicted octanol–water partition coefficient (Wildman–Crippen LogP) is 11.5. The van der Waals surface area contributed by atoms with E-state index in [0.29, 0.717) is 23.2 Å². The summed E-state index contributed by atoms with van der Waals surface area (Å²) >= 11 is 3.14. The van der Waals surface area contributed by atoms with E-state index in [1.165, 1.54) is 47.3 Å². The van der Waals surface area contributed by atoms with Crippen LogP contribution in [-0.4, -0.2) is 54.3 Å². The number of nitrogens with zero attached hydrogens (tertiary/aromatic N) is 3. The van der Waals surface area contributed by atoms with E-state index < -0.39 is 54.1 Å². The quantitative estimate of drug-likeness (QED) is 0.0469. The standard InChI is InChI=1S/C21H16F5NO.C15H15NO2.C9H13BO2.C6H4BrNO2/c1-2-3-13-4-6-14(7-5-13)15-8-9-19(27-12-15)21(25,26)28-16-10-17(22)20(24)18(23)11-16;1-2-3-11-4-6-12(7-5-11)13-8-9-14(15(17)18)16-10-13;1-2-3-8-4-6-9(7-5-8)10(11)12;7-4-1-2-5(6(9)10)8-3-4/h4-12H,2-3H2,1H3;4-10H,2-3H2,1H3,(H,17,18);4-7,11-12H,2-3H2,1H3;1-3H,(H,9,10). The normalized spacial score (nSPS) is 10.6. The molecule has 4 N–H and O–H groups in total. The summed E-state index contributed by atoms with van der Waals surface area (Å²) in [6.07, 6.45) is 6.68. The van der Waals surface area contributed by atoms with Crippen LogP contribution in [0.5, 0.6) is 5.75 Å². The maximum Gasteiger partial charge on any atom is 0.488 e. The molecule has 7 rings (SSSR count). The molecule has 0 atom stereocenters. The van der Waals surface area contributed by atoms with E-state index in [-0.39, 0.29) is 11.4 Å². The second-order valence-electron chi connectivity index (χ2n) is 14.9. The Morgan fingerprint density at radius 2 is 0.971 bits per heavy atom. The molecule has 0 fully saturated rings. The zero-order chi connectivity index (χ0) is 49.8. The van der Waals surface area contributed by atoms with Crippen LogP contribution in [0.25, 0.3) is 22.3 Å². The van der Waals surface area contributed by atoms with E-state index in [0.717, 1.165) is 65.8 Å². The van der Waals surface area contributed by atoms with Crippen molar-refractivity contribution in [3.8, 4) is 28.0 Å². The van der Waals surface area contributed by atoms with Gasteiger partial charge >= 0.3 is 25.2 Å². The number of carboxylic acids is 2. The summed E-state index contributed by atoms with van der Waals surface area (Å²) in [5.74, 6) is -7.87. The monoisotopic (exact) mass is 999 g/mol. The minimum absolute atomic E-state index is 0.0585. The summed E-state index contributed by atoms with van der Waals surface area (Å²) in [5, 5.41) is 34.8. The van der Waals surface area contributed by atoms with Crippen LogP contribution in [0.15, 0.2) is 144 Å². The van der Waals surface area contributed by atoms with E-state index in [4.69, 9.17) is 20.3 Å². The first-order valence-electron chi connectivity index (χ1n) is 21.3. The van der Waals surface area contributed by atoms with E-state index in [1.54, 1.807) is 30.5 Å². The number of pyridine rings is 3. The van der Waals surface area contributed by atoms with Crippen molar-refractivity contribution in [2.45, 2.75) is 65.4 Å². The Morgan fingerprint density at radius 1 is 0.574 bits per heavy atom. The average Bonchev–Trinajstić information content (AvgIpc) is 3.32. The second kappa shape index (κ2) is 26.5. The minimum atomic E-state index is -3.96. The molecule has 4 aromatic carbocycles. The molecule has 0 amide bonds. The van der Waals surface area contributed by atoms with E-state index in [9.17, 15) is 31.5 Å². The van der Waals surface area contributed by atoms with Gasteiger partial charge in [0.2, 0.25) is 0 Å². The maximum absolute atomic E-state index is 14.3. The zero-order valence-electron chi connectivity index (χ0n) is 37.2. The Balaban J connectivity index is 0.000000215. The molecule has 0 saturated carbocycles. The molecule has 0 radical (unpaired) electrons. The van der Waals surface area contributed by atoms with Gasteiger partial charge in [0.25, 0.3) is 0 Å². The highest BCUT2D eigenvalue weighted by Gasteiger charge is 2.37. The van der Waals surface area contributed by atoms with Crippen molar-refractivity contribution in [3.05, 3.63) is 196 Å². The van der Waals surface area contributed by atoms with Crippen LogP contribution in [0.1, 0.15) is 83.4 Å². The summed E-state index contributed by atoms with van der Waals surface area (Å²) in [6, 6.07) is 32.9. The Morgan fingerprint density at radius 3 is 1.32 bits per heavy atom. The fourth-order valence-electron chi connectivity index (χ4n) is 6.17. The van der Waals surface area contributed by atoms with Gasteiger partial charge < -0.3 is 25.0 Å².